The Morgan fingerprint density at radius 2 is 1.87 bits per heavy atom. The largest absolute Gasteiger partial charge is 0.343 e. The minimum atomic E-state index is -0.0529. The average molecular weight is 410 g/mol. The van der Waals surface area contributed by atoms with Crippen molar-refractivity contribution in [1.29, 1.82) is 0 Å². The third-order valence-electron chi connectivity index (χ3n) is 6.66. The van der Waals surface area contributed by atoms with Crippen LogP contribution in [0.5, 0.6) is 0 Å². The minimum absolute atomic E-state index is 0.0529. The van der Waals surface area contributed by atoms with Crippen LogP contribution in [0.25, 0.3) is 10.8 Å². The number of carbonyl (C=O) groups excluding carboxylic acids is 2. The number of benzene rings is 1. The van der Waals surface area contributed by atoms with Crippen LogP contribution in [0.15, 0.2) is 35.3 Å². The van der Waals surface area contributed by atoms with E-state index in [0.29, 0.717) is 36.5 Å². The number of aryl methyl sites for hydroxylation is 1. The summed E-state index contributed by atoms with van der Waals surface area (Å²) < 4.78 is 1.71. The van der Waals surface area contributed by atoms with Crippen molar-refractivity contribution in [1.82, 2.24) is 9.47 Å². The maximum atomic E-state index is 13.0. The van der Waals surface area contributed by atoms with E-state index in [1.165, 1.54) is 0 Å². The zero-order valence-corrected chi connectivity index (χ0v) is 17.7. The van der Waals surface area contributed by atoms with Crippen molar-refractivity contribution in [2.75, 3.05) is 18.4 Å². The molecule has 0 radical (unpaired) electrons. The highest BCUT2D eigenvalue weighted by Gasteiger charge is 2.25. The van der Waals surface area contributed by atoms with Gasteiger partial charge in [-0.15, -0.1) is 0 Å². The fourth-order valence-corrected chi connectivity index (χ4v) is 4.73. The molecular weight excluding hydrogens is 378 g/mol. The summed E-state index contributed by atoms with van der Waals surface area (Å²) in [6, 6.07) is 7.43. The van der Waals surface area contributed by atoms with Gasteiger partial charge in [0.25, 0.3) is 5.56 Å². The number of rotatable bonds is 6. The highest BCUT2D eigenvalue weighted by Crippen LogP contribution is 2.30. The lowest BCUT2D eigenvalue weighted by Crippen LogP contribution is -2.28. The molecule has 30 heavy (non-hydrogen) atoms. The van der Waals surface area contributed by atoms with Crippen molar-refractivity contribution in [3.05, 3.63) is 40.8 Å². The summed E-state index contributed by atoms with van der Waals surface area (Å²) >= 11 is 0. The second kappa shape index (κ2) is 9.02. The third kappa shape index (κ3) is 4.42. The molecule has 1 aromatic heterocycles. The minimum Gasteiger partial charge on any atom is -0.343 e. The number of aromatic nitrogens is 1. The first-order valence-corrected chi connectivity index (χ1v) is 11.2. The molecule has 1 saturated heterocycles. The van der Waals surface area contributed by atoms with Crippen LogP contribution in [0, 0.1) is 11.8 Å². The number of likely N-dealkylation sites (tertiary alicyclic amines) is 1. The molecule has 2 heterocycles. The lowest BCUT2D eigenvalue weighted by Gasteiger charge is -2.25. The first-order chi connectivity index (χ1) is 14.5. The number of carbonyl (C=O) groups is 2. The topological polar surface area (TPSA) is 71.4 Å². The molecule has 0 bridgehead atoms. The molecule has 1 N–H and O–H groups in total. The Labute approximate surface area is 177 Å². The van der Waals surface area contributed by atoms with Crippen LogP contribution in [0.1, 0.15) is 51.9 Å². The molecule has 1 aliphatic carbocycles. The average Bonchev–Trinajstić information content (AvgIpc) is 3.15. The molecule has 0 atom stereocenters. The van der Waals surface area contributed by atoms with Gasteiger partial charge in [-0.1, -0.05) is 13.0 Å². The molecule has 2 aliphatic rings. The molecule has 2 aromatic rings. The van der Waals surface area contributed by atoms with E-state index in [-0.39, 0.29) is 23.3 Å². The fraction of sp³-hybridized carbons (Fsp3) is 0.542. The normalized spacial score (nSPS) is 21.9. The van der Waals surface area contributed by atoms with Gasteiger partial charge in [0, 0.05) is 54.6 Å². The van der Waals surface area contributed by atoms with Crippen molar-refractivity contribution < 1.29 is 9.59 Å². The van der Waals surface area contributed by atoms with Gasteiger partial charge >= 0.3 is 0 Å². The number of nitrogens with zero attached hydrogens (tertiary/aromatic N) is 2. The van der Waals surface area contributed by atoms with E-state index in [2.05, 4.69) is 12.2 Å². The summed E-state index contributed by atoms with van der Waals surface area (Å²) in [5.41, 5.74) is 0.658. The lowest BCUT2D eigenvalue weighted by atomic mass is 9.82. The first-order valence-electron chi connectivity index (χ1n) is 11.2. The Kier molecular flexibility index (Phi) is 6.21. The molecule has 0 spiro atoms. The number of nitrogens with one attached hydrogen (secondary N) is 1. The van der Waals surface area contributed by atoms with E-state index in [1.54, 1.807) is 10.8 Å². The standard InChI is InChI=1S/C24H31N3O3/c1-17-8-10-18(11-9-17)23(29)25-21-6-2-5-20-19(21)12-16-27(24(20)30)15-4-14-26-13-3-7-22(26)28/h2,5-6,12,16-18H,3-4,7-11,13-15H2,1H3,(H,25,29)/t17-,18-. The maximum Gasteiger partial charge on any atom is 0.258 e. The van der Waals surface area contributed by atoms with Crippen LogP contribution in [0.2, 0.25) is 0 Å². The molecule has 160 valence electrons. The van der Waals surface area contributed by atoms with E-state index in [4.69, 9.17) is 0 Å². The van der Waals surface area contributed by atoms with Gasteiger partial charge in [0.1, 0.15) is 0 Å². The Bertz CT molecular complexity index is 989. The molecular formula is C24H31N3O3. The predicted octanol–water partition coefficient (Wildman–Crippen LogP) is 3.78. The van der Waals surface area contributed by atoms with Gasteiger partial charge in [-0.05, 0) is 62.6 Å². The predicted molar refractivity (Wildman–Crippen MR) is 118 cm³/mol. The molecule has 0 unspecified atom stereocenters. The molecule has 1 saturated carbocycles. The van der Waals surface area contributed by atoms with Gasteiger partial charge in [0.05, 0.1) is 0 Å². The van der Waals surface area contributed by atoms with E-state index >= 15 is 0 Å². The van der Waals surface area contributed by atoms with Crippen molar-refractivity contribution in [3.8, 4) is 0 Å². The van der Waals surface area contributed by atoms with E-state index in [1.807, 2.05) is 29.2 Å². The van der Waals surface area contributed by atoms with Gasteiger partial charge < -0.3 is 14.8 Å². The van der Waals surface area contributed by atoms with Crippen LogP contribution < -0.4 is 10.9 Å². The number of hydrogen-bond acceptors (Lipinski definition) is 3. The van der Waals surface area contributed by atoms with Crippen molar-refractivity contribution in [3.63, 3.8) is 0 Å². The van der Waals surface area contributed by atoms with E-state index < -0.39 is 0 Å². The maximum absolute atomic E-state index is 13.0. The lowest BCUT2D eigenvalue weighted by molar-refractivity contribution is -0.127. The summed E-state index contributed by atoms with van der Waals surface area (Å²) in [7, 11) is 0. The SMILES string of the molecule is C[C@H]1CC[C@H](C(=O)Nc2cccc3c(=O)n(CCCN4CCCC4=O)ccc23)CC1. The highest BCUT2D eigenvalue weighted by atomic mass is 16.2. The monoisotopic (exact) mass is 409 g/mol. The van der Waals surface area contributed by atoms with Crippen LogP contribution in [0.3, 0.4) is 0 Å². The van der Waals surface area contributed by atoms with Crippen molar-refractivity contribution in [2.24, 2.45) is 11.8 Å². The summed E-state index contributed by atoms with van der Waals surface area (Å²) in [5.74, 6) is 1.04. The van der Waals surface area contributed by atoms with Gasteiger partial charge in [-0.3, -0.25) is 14.4 Å². The van der Waals surface area contributed by atoms with Gasteiger partial charge in [0.2, 0.25) is 11.8 Å². The van der Waals surface area contributed by atoms with E-state index in [0.717, 1.165) is 50.5 Å². The molecule has 1 aliphatic heterocycles. The Morgan fingerprint density at radius 1 is 1.07 bits per heavy atom. The van der Waals surface area contributed by atoms with Gasteiger partial charge in [0.15, 0.2) is 0 Å². The Morgan fingerprint density at radius 3 is 2.60 bits per heavy atom. The zero-order chi connectivity index (χ0) is 21.1. The Balaban J connectivity index is 1.45. The number of fused-ring (bicyclic) bond motifs is 1. The van der Waals surface area contributed by atoms with Crippen LogP contribution >= 0.6 is 0 Å². The Hall–Kier alpha value is -2.63. The molecule has 6 nitrogen and oxygen atoms in total. The highest BCUT2D eigenvalue weighted by molar-refractivity contribution is 6.02. The molecule has 1 aromatic carbocycles. The third-order valence-corrected chi connectivity index (χ3v) is 6.66. The summed E-state index contributed by atoms with van der Waals surface area (Å²) in [6.07, 6.45) is 8.20. The quantitative estimate of drug-likeness (QED) is 0.789. The van der Waals surface area contributed by atoms with Crippen molar-refractivity contribution in [2.45, 2.75) is 58.4 Å². The van der Waals surface area contributed by atoms with Gasteiger partial charge in [-0.25, -0.2) is 0 Å². The van der Waals surface area contributed by atoms with Crippen molar-refractivity contribution >= 4 is 28.3 Å². The molecule has 6 heteroatoms. The molecule has 4 rings (SSSR count). The number of pyridine rings is 1. The summed E-state index contributed by atoms with van der Waals surface area (Å²) in [6.45, 7) is 4.34. The van der Waals surface area contributed by atoms with Crippen LogP contribution in [-0.4, -0.2) is 34.4 Å². The molecule has 2 amide bonds. The second-order valence-electron chi connectivity index (χ2n) is 8.87. The number of hydrogen-bond donors (Lipinski definition) is 1. The first kappa shape index (κ1) is 20.6. The zero-order valence-electron chi connectivity index (χ0n) is 17.7. The summed E-state index contributed by atoms with van der Waals surface area (Å²) in [5, 5.41) is 4.47. The second-order valence-corrected chi connectivity index (χ2v) is 8.87. The summed E-state index contributed by atoms with van der Waals surface area (Å²) in [4.78, 5) is 39.3. The number of anilines is 1. The van der Waals surface area contributed by atoms with E-state index in [9.17, 15) is 14.4 Å². The number of amides is 2. The smallest absolute Gasteiger partial charge is 0.258 e. The van der Waals surface area contributed by atoms with Crippen LogP contribution in [0.4, 0.5) is 5.69 Å². The molecule has 2 fully saturated rings. The van der Waals surface area contributed by atoms with Gasteiger partial charge in [-0.2, -0.15) is 0 Å². The van der Waals surface area contributed by atoms with Crippen LogP contribution in [-0.2, 0) is 16.1 Å². The fourth-order valence-electron chi connectivity index (χ4n) is 4.73.